The molecule has 0 saturated carbocycles. The number of halogens is 2. The largest absolute Gasteiger partial charge is 0.722 e. The number of hydrogen-bond donors (Lipinski definition) is 2. The van der Waals surface area contributed by atoms with Crippen molar-refractivity contribution in [2.75, 3.05) is 0 Å². The van der Waals surface area contributed by atoms with Gasteiger partial charge in [-0.15, -0.1) is 9.95 Å². The number of hydrazone groups is 1. The Labute approximate surface area is 90.0 Å². The molecule has 5 nitrogen and oxygen atoms in total. The fourth-order valence-corrected chi connectivity index (χ4v) is 0.967. The van der Waals surface area contributed by atoms with E-state index in [1.807, 2.05) is 0 Å². The molecule has 1 aromatic rings. The molecule has 4 N–H and O–H groups in total. The highest BCUT2D eigenvalue weighted by molar-refractivity contribution is 6.31. The molecule has 7 heteroatoms. The third kappa shape index (κ3) is 3.10. The minimum atomic E-state index is -0.544. The van der Waals surface area contributed by atoms with Gasteiger partial charge in [0.15, 0.2) is 0 Å². The van der Waals surface area contributed by atoms with Crippen molar-refractivity contribution in [1.82, 2.24) is 0 Å². The van der Waals surface area contributed by atoms with Gasteiger partial charge in [-0.2, -0.15) is 0 Å². The van der Waals surface area contributed by atoms with Crippen LogP contribution in [0.3, 0.4) is 0 Å². The fourth-order valence-electron chi connectivity index (χ4n) is 0.778. The zero-order valence-electron chi connectivity index (χ0n) is 7.52. The molecule has 0 aliphatic rings. The van der Waals surface area contributed by atoms with Crippen molar-refractivity contribution in [3.05, 3.63) is 39.8 Å². The van der Waals surface area contributed by atoms with Crippen molar-refractivity contribution in [3.63, 3.8) is 0 Å². The smallest absolute Gasteiger partial charge is 0.366 e. The first-order valence-corrected chi connectivity index (χ1v) is 4.22. The molecule has 1 aromatic carbocycles. The zero-order chi connectivity index (χ0) is 11.4. The quantitative estimate of drug-likeness (QED) is 0.256. The normalized spacial score (nSPS) is 10.5. The Balaban J connectivity index is 2.91. The van der Waals surface area contributed by atoms with Crippen LogP contribution < -0.4 is 11.5 Å². The van der Waals surface area contributed by atoms with E-state index in [9.17, 15) is 9.60 Å². The molecule has 0 saturated heterocycles. The van der Waals surface area contributed by atoms with Gasteiger partial charge in [0.1, 0.15) is 5.82 Å². The van der Waals surface area contributed by atoms with Crippen molar-refractivity contribution >= 4 is 23.8 Å². The van der Waals surface area contributed by atoms with Crippen LogP contribution in [0.2, 0.25) is 5.02 Å². The molecule has 0 spiro atoms. The highest BCUT2D eigenvalue weighted by Gasteiger charge is 1.98. The van der Waals surface area contributed by atoms with Gasteiger partial charge in [-0.1, -0.05) is 17.7 Å². The SMILES string of the molecule is NC(N)=[N+]([O-])/N=C/c1ccc(F)c(Cl)c1. The molecule has 0 atom stereocenters. The lowest BCUT2D eigenvalue weighted by Gasteiger charge is -2.02. The molecule has 0 aromatic heterocycles. The van der Waals surface area contributed by atoms with E-state index in [4.69, 9.17) is 23.1 Å². The van der Waals surface area contributed by atoms with Gasteiger partial charge < -0.3 is 5.21 Å². The van der Waals surface area contributed by atoms with Gasteiger partial charge in [0.2, 0.25) is 0 Å². The van der Waals surface area contributed by atoms with Crippen molar-refractivity contribution in [3.8, 4) is 0 Å². The summed E-state index contributed by atoms with van der Waals surface area (Å²) < 4.78 is 12.7. The second-order valence-electron chi connectivity index (χ2n) is 2.62. The third-order valence-corrected chi connectivity index (χ3v) is 1.77. The monoisotopic (exact) mass is 230 g/mol. The van der Waals surface area contributed by atoms with Gasteiger partial charge in [0.25, 0.3) is 0 Å². The van der Waals surface area contributed by atoms with E-state index in [0.717, 1.165) is 12.3 Å². The van der Waals surface area contributed by atoms with Crippen LogP contribution in [0, 0.1) is 11.0 Å². The predicted octanol–water partition coefficient (Wildman–Crippen LogP) is 0.597. The number of hydrogen-bond acceptors (Lipinski definition) is 2. The molecule has 0 heterocycles. The summed E-state index contributed by atoms with van der Waals surface area (Å²) >= 11 is 5.51. The Bertz CT molecular complexity index is 429. The van der Waals surface area contributed by atoms with Crippen LogP contribution >= 0.6 is 11.6 Å². The maximum Gasteiger partial charge on any atom is 0.366 e. The first kappa shape index (κ1) is 11.3. The maximum absolute atomic E-state index is 12.7. The van der Waals surface area contributed by atoms with Gasteiger partial charge in [0, 0.05) is 0 Å². The van der Waals surface area contributed by atoms with Gasteiger partial charge in [-0.3, -0.25) is 11.5 Å². The molecular weight excluding hydrogens is 223 g/mol. The zero-order valence-corrected chi connectivity index (χ0v) is 8.28. The highest BCUT2D eigenvalue weighted by atomic mass is 35.5. The number of nitrogens with two attached hydrogens (primary N) is 2. The molecule has 0 aliphatic carbocycles. The fraction of sp³-hybridized carbons (Fsp3) is 0. The third-order valence-electron chi connectivity index (χ3n) is 1.48. The van der Waals surface area contributed by atoms with E-state index in [1.165, 1.54) is 12.1 Å². The standard InChI is InChI=1S/C8H8ClFN4O/c9-6-3-5(1-2-7(6)10)4-13-14(15)8(11)12/h1-4H,11-12H2/b13-4+. The maximum atomic E-state index is 12.7. The van der Waals surface area contributed by atoms with Crippen LogP contribution in [0.1, 0.15) is 5.56 Å². The second-order valence-corrected chi connectivity index (χ2v) is 3.02. The summed E-state index contributed by atoms with van der Waals surface area (Å²) in [4.78, 5) is 0.0390. The average molecular weight is 231 g/mol. The van der Waals surface area contributed by atoms with E-state index in [0.29, 0.717) is 5.56 Å². The Kier molecular flexibility index (Phi) is 3.46. The second kappa shape index (κ2) is 4.61. The van der Waals surface area contributed by atoms with Crippen molar-refractivity contribution < 1.29 is 9.24 Å². The van der Waals surface area contributed by atoms with Crippen LogP contribution in [0.5, 0.6) is 0 Å². The Morgan fingerprint density at radius 3 is 2.73 bits per heavy atom. The lowest BCUT2D eigenvalue weighted by molar-refractivity contribution is -0.463. The first-order chi connectivity index (χ1) is 7.00. The van der Waals surface area contributed by atoms with Crippen molar-refractivity contribution in [1.29, 1.82) is 0 Å². The summed E-state index contributed by atoms with van der Waals surface area (Å²) in [6, 6.07) is 3.89. The number of nitrogens with zero attached hydrogens (tertiary/aromatic N) is 2. The molecule has 0 fully saturated rings. The minimum absolute atomic E-state index is 0.0390. The molecular formula is C8H8ClFN4O. The van der Waals surface area contributed by atoms with Gasteiger partial charge in [-0.05, 0) is 17.7 Å². The summed E-state index contributed by atoms with van der Waals surface area (Å²) in [5, 5.41) is 14.1. The minimum Gasteiger partial charge on any atom is -0.722 e. The van der Waals surface area contributed by atoms with Gasteiger partial charge in [-0.25, -0.2) is 4.39 Å². The van der Waals surface area contributed by atoms with E-state index in [1.54, 1.807) is 0 Å². The molecule has 0 radical (unpaired) electrons. The van der Waals surface area contributed by atoms with Crippen LogP contribution in [-0.4, -0.2) is 17.0 Å². The molecule has 0 bridgehead atoms. The Morgan fingerprint density at radius 2 is 2.20 bits per heavy atom. The van der Waals surface area contributed by atoms with Crippen LogP contribution in [-0.2, 0) is 0 Å². The number of rotatable bonds is 2. The van der Waals surface area contributed by atoms with E-state index < -0.39 is 11.8 Å². The predicted molar refractivity (Wildman–Crippen MR) is 56.0 cm³/mol. The van der Waals surface area contributed by atoms with Crippen LogP contribution in [0.15, 0.2) is 23.3 Å². The first-order valence-electron chi connectivity index (χ1n) is 3.85. The molecule has 0 unspecified atom stereocenters. The van der Waals surface area contributed by atoms with Gasteiger partial charge in [0.05, 0.1) is 11.2 Å². The summed E-state index contributed by atoms with van der Waals surface area (Å²) in [5.74, 6) is -1.03. The van der Waals surface area contributed by atoms with Crippen molar-refractivity contribution in [2.45, 2.75) is 0 Å². The van der Waals surface area contributed by atoms with Crippen LogP contribution in [0.25, 0.3) is 0 Å². The Hall–Kier alpha value is -1.82. The summed E-state index contributed by atoms with van der Waals surface area (Å²) in [6.45, 7) is 0. The van der Waals surface area contributed by atoms with Crippen LogP contribution in [0.4, 0.5) is 4.39 Å². The van der Waals surface area contributed by atoms with E-state index in [2.05, 4.69) is 5.10 Å². The lowest BCUT2D eigenvalue weighted by atomic mass is 10.2. The van der Waals surface area contributed by atoms with E-state index >= 15 is 0 Å². The molecule has 0 aliphatic heterocycles. The van der Waals surface area contributed by atoms with E-state index in [-0.39, 0.29) is 9.87 Å². The molecule has 0 amide bonds. The average Bonchev–Trinajstić information content (AvgIpc) is 2.19. The topological polar surface area (TPSA) is 90.5 Å². The van der Waals surface area contributed by atoms with Gasteiger partial charge >= 0.3 is 5.96 Å². The molecule has 15 heavy (non-hydrogen) atoms. The summed E-state index contributed by atoms with van der Waals surface area (Å²) in [7, 11) is 0. The number of guanidine groups is 1. The molecule has 80 valence electrons. The highest BCUT2D eigenvalue weighted by Crippen LogP contribution is 2.14. The number of benzene rings is 1. The van der Waals surface area contributed by atoms with Crippen molar-refractivity contribution in [2.24, 2.45) is 16.6 Å². The summed E-state index contributed by atoms with van der Waals surface area (Å²) in [6.07, 6.45) is 1.16. The Morgan fingerprint density at radius 1 is 1.53 bits per heavy atom. The molecule has 1 rings (SSSR count). The lowest BCUT2D eigenvalue weighted by Crippen LogP contribution is -2.30. The summed E-state index contributed by atoms with van der Waals surface area (Å²) in [5.41, 5.74) is 10.4.